The second-order valence-corrected chi connectivity index (χ2v) is 15.1. The first-order chi connectivity index (χ1) is 12.8. The minimum atomic E-state index is 0.514. The van der Waals surface area contributed by atoms with Crippen molar-refractivity contribution in [1.82, 2.24) is 0 Å². The van der Waals surface area contributed by atoms with Crippen molar-refractivity contribution in [2.75, 3.05) is 23.0 Å². The quantitative estimate of drug-likeness (QED) is 0.432. The zero-order valence-electron chi connectivity index (χ0n) is 16.5. The molecular formula is C22H38S4. The zero-order valence-corrected chi connectivity index (χ0v) is 19.8. The zero-order chi connectivity index (χ0) is 17.7. The molecule has 0 aromatic carbocycles. The van der Waals surface area contributed by atoms with Crippen LogP contribution in [0.5, 0.6) is 0 Å². The number of hydrogen-bond acceptors (Lipinski definition) is 4. The van der Waals surface area contributed by atoms with Crippen LogP contribution in [0.3, 0.4) is 0 Å². The first-order valence-electron chi connectivity index (χ1n) is 11.4. The molecule has 0 aromatic heterocycles. The minimum absolute atomic E-state index is 0.514. The Morgan fingerprint density at radius 2 is 0.808 bits per heavy atom. The summed E-state index contributed by atoms with van der Waals surface area (Å²) in [6, 6.07) is 0. The highest BCUT2D eigenvalue weighted by Gasteiger charge is 2.56. The Balaban J connectivity index is 1.57. The highest BCUT2D eigenvalue weighted by atomic mass is 32.2. The summed E-state index contributed by atoms with van der Waals surface area (Å²) in [5.74, 6) is 7.74. The topological polar surface area (TPSA) is 0 Å². The molecule has 0 bridgehead atoms. The highest BCUT2D eigenvalue weighted by Crippen LogP contribution is 2.66. The van der Waals surface area contributed by atoms with Crippen molar-refractivity contribution >= 4 is 47.0 Å². The summed E-state index contributed by atoms with van der Waals surface area (Å²) in [7, 11) is 0. The molecule has 0 unspecified atom stereocenters. The van der Waals surface area contributed by atoms with Gasteiger partial charge in [0.15, 0.2) is 0 Å². The Kier molecular flexibility index (Phi) is 7.90. The molecule has 0 radical (unpaired) electrons. The fraction of sp³-hybridized carbons (Fsp3) is 1.00. The molecule has 4 heteroatoms. The lowest BCUT2D eigenvalue weighted by atomic mass is 9.82. The first kappa shape index (κ1) is 20.7. The van der Waals surface area contributed by atoms with E-state index in [1.807, 2.05) is 0 Å². The number of rotatable bonds is 5. The van der Waals surface area contributed by atoms with E-state index in [4.69, 9.17) is 0 Å². The van der Waals surface area contributed by atoms with Crippen molar-refractivity contribution in [3.63, 3.8) is 0 Å². The Morgan fingerprint density at radius 1 is 0.462 bits per heavy atom. The molecule has 2 saturated carbocycles. The summed E-state index contributed by atoms with van der Waals surface area (Å²) >= 11 is 9.68. The fourth-order valence-corrected chi connectivity index (χ4v) is 14.2. The van der Waals surface area contributed by atoms with Crippen LogP contribution in [0.4, 0.5) is 0 Å². The predicted molar refractivity (Wildman–Crippen MR) is 127 cm³/mol. The Hall–Kier alpha value is 1.40. The lowest BCUT2D eigenvalue weighted by Crippen LogP contribution is -2.50. The van der Waals surface area contributed by atoms with Gasteiger partial charge in [0.25, 0.3) is 0 Å². The van der Waals surface area contributed by atoms with Crippen molar-refractivity contribution < 1.29 is 0 Å². The van der Waals surface area contributed by atoms with Gasteiger partial charge < -0.3 is 0 Å². The smallest absolute Gasteiger partial charge is 0.0850 e. The van der Waals surface area contributed by atoms with Crippen LogP contribution in [0.25, 0.3) is 0 Å². The van der Waals surface area contributed by atoms with Gasteiger partial charge in [0.05, 0.1) is 8.16 Å². The van der Waals surface area contributed by atoms with E-state index < -0.39 is 0 Å². The molecule has 0 spiro atoms. The van der Waals surface area contributed by atoms with Crippen LogP contribution in [0.1, 0.15) is 89.9 Å². The van der Waals surface area contributed by atoms with Gasteiger partial charge in [-0.05, 0) is 60.5 Å². The van der Waals surface area contributed by atoms with Gasteiger partial charge in [-0.2, -0.15) is 0 Å². The van der Waals surface area contributed by atoms with Crippen LogP contribution in [0.15, 0.2) is 0 Å². The van der Waals surface area contributed by atoms with Crippen LogP contribution < -0.4 is 0 Å². The average molecular weight is 431 g/mol. The van der Waals surface area contributed by atoms with E-state index in [9.17, 15) is 0 Å². The van der Waals surface area contributed by atoms with Gasteiger partial charge in [-0.1, -0.05) is 64.2 Å². The maximum absolute atomic E-state index is 2.42. The van der Waals surface area contributed by atoms with Crippen LogP contribution >= 0.6 is 47.0 Å². The molecule has 4 fully saturated rings. The van der Waals surface area contributed by atoms with Crippen molar-refractivity contribution in [2.45, 2.75) is 98.0 Å². The van der Waals surface area contributed by atoms with Gasteiger partial charge in [-0.15, -0.1) is 47.0 Å². The largest absolute Gasteiger partial charge is 0.142 e. The van der Waals surface area contributed by atoms with E-state index in [1.165, 1.54) is 113 Å². The molecule has 26 heavy (non-hydrogen) atoms. The van der Waals surface area contributed by atoms with Crippen LogP contribution in [0.2, 0.25) is 0 Å². The number of thioether (sulfide) groups is 4. The average Bonchev–Trinajstić information content (AvgIpc) is 2.71. The molecule has 0 N–H and O–H groups in total. The van der Waals surface area contributed by atoms with Crippen molar-refractivity contribution in [3.05, 3.63) is 0 Å². The van der Waals surface area contributed by atoms with Crippen LogP contribution in [-0.4, -0.2) is 31.2 Å². The second kappa shape index (κ2) is 9.94. The lowest BCUT2D eigenvalue weighted by molar-refractivity contribution is 0.295. The molecule has 0 nitrogen and oxygen atoms in total. The Labute approximate surface area is 179 Å². The molecule has 2 aliphatic heterocycles. The highest BCUT2D eigenvalue weighted by molar-refractivity contribution is 8.25. The monoisotopic (exact) mass is 430 g/mol. The van der Waals surface area contributed by atoms with Crippen LogP contribution in [0, 0.1) is 11.8 Å². The summed E-state index contributed by atoms with van der Waals surface area (Å²) in [4.78, 5) is 0. The fourth-order valence-electron chi connectivity index (χ4n) is 5.68. The molecule has 4 rings (SSSR count). The molecule has 0 amide bonds. The third-order valence-electron chi connectivity index (χ3n) is 7.06. The van der Waals surface area contributed by atoms with Gasteiger partial charge in [-0.25, -0.2) is 0 Å². The van der Waals surface area contributed by atoms with Crippen molar-refractivity contribution in [3.8, 4) is 0 Å². The van der Waals surface area contributed by atoms with E-state index in [0.29, 0.717) is 8.16 Å². The van der Waals surface area contributed by atoms with E-state index in [0.717, 1.165) is 11.8 Å². The van der Waals surface area contributed by atoms with E-state index in [1.54, 1.807) is 0 Å². The van der Waals surface area contributed by atoms with Crippen molar-refractivity contribution in [2.24, 2.45) is 11.8 Å². The molecule has 150 valence electrons. The number of hydrogen-bond donors (Lipinski definition) is 0. The van der Waals surface area contributed by atoms with Crippen molar-refractivity contribution in [1.29, 1.82) is 0 Å². The molecule has 2 aliphatic carbocycles. The molecular weight excluding hydrogens is 393 g/mol. The van der Waals surface area contributed by atoms with Gasteiger partial charge >= 0.3 is 0 Å². The molecule has 0 atom stereocenters. The summed E-state index contributed by atoms with van der Waals surface area (Å²) in [5, 5.41) is 0. The molecule has 2 heterocycles. The third kappa shape index (κ3) is 4.75. The standard InChI is InChI=1S/C22H38S4/c1-3-9-19(10-4-1)17-21(23-13-7-14-24-21)22(25-15-8-16-26-22)18-20-11-5-2-6-12-20/h19-20H,1-18H2. The summed E-state index contributed by atoms with van der Waals surface area (Å²) in [5.41, 5.74) is 0. The van der Waals surface area contributed by atoms with Crippen LogP contribution in [-0.2, 0) is 0 Å². The lowest BCUT2D eigenvalue weighted by Gasteiger charge is -2.55. The predicted octanol–water partition coefficient (Wildman–Crippen LogP) is 8.06. The Morgan fingerprint density at radius 3 is 1.15 bits per heavy atom. The van der Waals surface area contributed by atoms with Gasteiger partial charge in [0, 0.05) is 0 Å². The maximum Gasteiger partial charge on any atom is 0.0850 e. The summed E-state index contributed by atoms with van der Waals surface area (Å²) in [6.45, 7) is 0. The maximum atomic E-state index is 2.42. The van der Waals surface area contributed by atoms with Gasteiger partial charge in [0.1, 0.15) is 0 Å². The van der Waals surface area contributed by atoms with Gasteiger partial charge in [0.2, 0.25) is 0 Å². The third-order valence-corrected chi connectivity index (χ3v) is 14.9. The first-order valence-corrected chi connectivity index (χ1v) is 15.3. The summed E-state index contributed by atoms with van der Waals surface area (Å²) in [6.07, 6.45) is 21.1. The van der Waals surface area contributed by atoms with Gasteiger partial charge in [-0.3, -0.25) is 0 Å². The second-order valence-electron chi connectivity index (χ2n) is 9.02. The molecule has 2 saturated heterocycles. The molecule has 0 aromatic rings. The van der Waals surface area contributed by atoms with E-state index in [2.05, 4.69) is 47.0 Å². The SMILES string of the molecule is C1CCC(CC2(C3(CC4CCCCC4)SCCCS3)SCCCS2)CC1. The summed E-state index contributed by atoms with van der Waals surface area (Å²) < 4.78 is 1.03. The molecule has 4 aliphatic rings. The van der Waals surface area contributed by atoms with E-state index in [-0.39, 0.29) is 0 Å². The normalized spacial score (nSPS) is 30.9. The minimum Gasteiger partial charge on any atom is -0.142 e. The van der Waals surface area contributed by atoms with E-state index >= 15 is 0 Å². The Bertz CT molecular complexity index is 374.